The lowest BCUT2D eigenvalue weighted by Gasteiger charge is -2.43. The van der Waals surface area contributed by atoms with Crippen molar-refractivity contribution in [1.82, 2.24) is 14.8 Å². The number of aromatic nitrogens is 1. The first-order valence-corrected chi connectivity index (χ1v) is 11.0. The Morgan fingerprint density at radius 1 is 0.969 bits per heavy atom. The normalized spacial score (nSPS) is 18.2. The van der Waals surface area contributed by atoms with Crippen LogP contribution in [0.25, 0.3) is 11.1 Å². The summed E-state index contributed by atoms with van der Waals surface area (Å²) in [6, 6.07) is 22.2. The number of carbonyl (C=O) groups is 2. The topological polar surface area (TPSA) is 53.5 Å². The van der Waals surface area contributed by atoms with Gasteiger partial charge in [-0.1, -0.05) is 54.6 Å². The molecule has 4 rings (SSSR count). The van der Waals surface area contributed by atoms with E-state index in [0.717, 1.165) is 24.0 Å². The summed E-state index contributed by atoms with van der Waals surface area (Å²) in [5, 5.41) is 0. The minimum Gasteiger partial charge on any atom is -0.348 e. The van der Waals surface area contributed by atoms with Crippen LogP contribution in [-0.2, 0) is 11.2 Å². The smallest absolute Gasteiger partial charge is 0.255 e. The van der Waals surface area contributed by atoms with Gasteiger partial charge in [0.2, 0.25) is 5.91 Å². The summed E-state index contributed by atoms with van der Waals surface area (Å²) in [7, 11) is 3.59. The monoisotopic (exact) mass is 427 g/mol. The molecule has 1 fully saturated rings. The summed E-state index contributed by atoms with van der Waals surface area (Å²) in [4.78, 5) is 34.0. The van der Waals surface area contributed by atoms with Gasteiger partial charge in [0.25, 0.3) is 5.91 Å². The maximum absolute atomic E-state index is 13.4. The predicted octanol–water partition coefficient (Wildman–Crippen LogP) is 4.30. The second kappa shape index (κ2) is 9.35. The summed E-state index contributed by atoms with van der Waals surface area (Å²) >= 11 is 0. The van der Waals surface area contributed by atoms with Gasteiger partial charge in [-0.25, -0.2) is 0 Å². The summed E-state index contributed by atoms with van der Waals surface area (Å²) in [5.74, 6) is 0.0153. The van der Waals surface area contributed by atoms with E-state index in [4.69, 9.17) is 0 Å². The fraction of sp³-hybridized carbons (Fsp3) is 0.296. The number of amides is 2. The highest BCUT2D eigenvalue weighted by Crippen LogP contribution is 2.36. The highest BCUT2D eigenvalue weighted by atomic mass is 16.2. The number of carbonyl (C=O) groups excluding carboxylic acids is 2. The molecule has 1 atom stereocenters. The summed E-state index contributed by atoms with van der Waals surface area (Å²) < 4.78 is 0. The number of benzene rings is 2. The van der Waals surface area contributed by atoms with Crippen LogP contribution in [0, 0.1) is 5.41 Å². The van der Waals surface area contributed by atoms with Crippen molar-refractivity contribution in [2.45, 2.75) is 19.3 Å². The van der Waals surface area contributed by atoms with Gasteiger partial charge in [-0.3, -0.25) is 14.6 Å². The average molecular weight is 428 g/mol. The largest absolute Gasteiger partial charge is 0.348 e. The lowest BCUT2D eigenvalue weighted by molar-refractivity contribution is -0.142. The number of pyridine rings is 1. The lowest BCUT2D eigenvalue weighted by Crippen LogP contribution is -2.54. The molecule has 2 aromatic carbocycles. The zero-order valence-corrected chi connectivity index (χ0v) is 18.7. The van der Waals surface area contributed by atoms with Crippen molar-refractivity contribution in [1.29, 1.82) is 0 Å². The Kier molecular flexibility index (Phi) is 6.35. The molecule has 0 saturated carbocycles. The Labute approximate surface area is 189 Å². The number of rotatable bonds is 5. The van der Waals surface area contributed by atoms with Crippen molar-refractivity contribution in [2.24, 2.45) is 5.41 Å². The Morgan fingerprint density at radius 2 is 1.69 bits per heavy atom. The third-order valence-corrected chi connectivity index (χ3v) is 6.24. The standard InChI is InChI=1S/C27H29N3O2/c1-29(2)26(32)27(15-7-17-30(20-27)25(31)24-10-6-16-28-19-24)18-21-11-13-23(14-12-21)22-8-4-3-5-9-22/h3-6,8-14,16,19H,7,15,17-18,20H2,1-2H3/t27-/m1/s1. The molecule has 5 heteroatoms. The van der Waals surface area contributed by atoms with E-state index in [2.05, 4.69) is 41.4 Å². The number of nitrogens with zero attached hydrogens (tertiary/aromatic N) is 3. The molecular weight excluding hydrogens is 398 g/mol. The van der Waals surface area contributed by atoms with Gasteiger partial charge in [0.05, 0.1) is 11.0 Å². The minimum absolute atomic E-state index is 0.0619. The first-order chi connectivity index (χ1) is 15.5. The van der Waals surface area contributed by atoms with Gasteiger partial charge in [0.15, 0.2) is 0 Å². The Bertz CT molecular complexity index is 1070. The molecule has 2 amide bonds. The summed E-state index contributed by atoms with van der Waals surface area (Å²) in [5.41, 5.74) is 3.36. The van der Waals surface area contributed by atoms with Crippen LogP contribution >= 0.6 is 0 Å². The summed E-state index contributed by atoms with van der Waals surface area (Å²) in [6.07, 6.45) is 5.42. The van der Waals surface area contributed by atoms with Crippen LogP contribution < -0.4 is 0 Å². The number of hydrogen-bond acceptors (Lipinski definition) is 3. The van der Waals surface area contributed by atoms with Gasteiger partial charge < -0.3 is 9.80 Å². The van der Waals surface area contributed by atoms with E-state index in [9.17, 15) is 9.59 Å². The fourth-order valence-electron chi connectivity index (χ4n) is 4.68. The molecule has 1 saturated heterocycles. The van der Waals surface area contributed by atoms with E-state index in [1.54, 1.807) is 43.5 Å². The van der Waals surface area contributed by atoms with Crippen LogP contribution in [0.3, 0.4) is 0 Å². The third kappa shape index (κ3) is 4.57. The maximum atomic E-state index is 13.4. The van der Waals surface area contributed by atoms with E-state index < -0.39 is 5.41 Å². The Balaban J connectivity index is 1.59. The molecule has 3 aromatic rings. The van der Waals surface area contributed by atoms with Crippen molar-refractivity contribution in [3.05, 3.63) is 90.3 Å². The molecule has 0 spiro atoms. The molecule has 0 radical (unpaired) electrons. The van der Waals surface area contributed by atoms with Gasteiger partial charge in [0.1, 0.15) is 0 Å². The zero-order valence-electron chi connectivity index (χ0n) is 18.7. The Morgan fingerprint density at radius 3 is 2.34 bits per heavy atom. The average Bonchev–Trinajstić information content (AvgIpc) is 2.84. The Hall–Kier alpha value is -3.47. The molecule has 0 N–H and O–H groups in total. The van der Waals surface area contributed by atoms with Crippen molar-refractivity contribution in [3.8, 4) is 11.1 Å². The van der Waals surface area contributed by atoms with Crippen LogP contribution in [0.15, 0.2) is 79.1 Å². The van der Waals surface area contributed by atoms with Gasteiger partial charge >= 0.3 is 0 Å². The van der Waals surface area contributed by atoms with Gasteiger partial charge in [0, 0.05) is 39.6 Å². The molecule has 0 bridgehead atoms. The van der Waals surface area contributed by atoms with Crippen LogP contribution in [0.5, 0.6) is 0 Å². The highest BCUT2D eigenvalue weighted by Gasteiger charge is 2.44. The second-order valence-corrected chi connectivity index (χ2v) is 8.79. The molecular formula is C27H29N3O2. The molecule has 164 valence electrons. The molecule has 32 heavy (non-hydrogen) atoms. The van der Waals surface area contributed by atoms with Crippen molar-refractivity contribution in [2.75, 3.05) is 27.2 Å². The fourth-order valence-corrected chi connectivity index (χ4v) is 4.68. The van der Waals surface area contributed by atoms with Crippen LogP contribution in [0.2, 0.25) is 0 Å². The highest BCUT2D eigenvalue weighted by molar-refractivity contribution is 5.94. The minimum atomic E-state index is -0.631. The van der Waals surface area contributed by atoms with E-state index in [0.29, 0.717) is 25.1 Å². The molecule has 1 aromatic heterocycles. The zero-order chi connectivity index (χ0) is 22.6. The first kappa shape index (κ1) is 21.8. The maximum Gasteiger partial charge on any atom is 0.255 e. The number of likely N-dealkylation sites (tertiary alicyclic amines) is 1. The van der Waals surface area contributed by atoms with Crippen molar-refractivity contribution in [3.63, 3.8) is 0 Å². The lowest BCUT2D eigenvalue weighted by atomic mass is 9.73. The van der Waals surface area contributed by atoms with E-state index in [-0.39, 0.29) is 11.8 Å². The van der Waals surface area contributed by atoms with Crippen LogP contribution in [0.4, 0.5) is 0 Å². The van der Waals surface area contributed by atoms with Gasteiger partial charge in [-0.05, 0) is 48.1 Å². The second-order valence-electron chi connectivity index (χ2n) is 8.79. The third-order valence-electron chi connectivity index (χ3n) is 6.24. The SMILES string of the molecule is CN(C)C(=O)[C@@]1(Cc2ccc(-c3ccccc3)cc2)CCCN(C(=O)c2cccnc2)C1. The molecule has 1 aliphatic heterocycles. The molecule has 0 aliphatic carbocycles. The molecule has 0 unspecified atom stereocenters. The van der Waals surface area contributed by atoms with E-state index in [1.165, 1.54) is 5.56 Å². The predicted molar refractivity (Wildman–Crippen MR) is 126 cm³/mol. The van der Waals surface area contributed by atoms with Crippen molar-refractivity contribution < 1.29 is 9.59 Å². The van der Waals surface area contributed by atoms with E-state index in [1.807, 2.05) is 23.1 Å². The number of hydrogen-bond donors (Lipinski definition) is 0. The number of piperidine rings is 1. The molecule has 2 heterocycles. The van der Waals surface area contributed by atoms with Crippen molar-refractivity contribution >= 4 is 11.8 Å². The van der Waals surface area contributed by atoms with Gasteiger partial charge in [-0.2, -0.15) is 0 Å². The molecule has 1 aliphatic rings. The van der Waals surface area contributed by atoms with E-state index >= 15 is 0 Å². The first-order valence-electron chi connectivity index (χ1n) is 11.0. The molecule has 5 nitrogen and oxygen atoms in total. The quantitative estimate of drug-likeness (QED) is 0.610. The summed E-state index contributed by atoms with van der Waals surface area (Å²) in [6.45, 7) is 1.07. The van der Waals surface area contributed by atoms with Crippen LogP contribution in [0.1, 0.15) is 28.8 Å². The van der Waals surface area contributed by atoms with Gasteiger partial charge in [-0.15, -0.1) is 0 Å². The van der Waals surface area contributed by atoms with Crippen LogP contribution in [-0.4, -0.2) is 53.8 Å².